The van der Waals surface area contributed by atoms with Gasteiger partial charge in [-0.25, -0.2) is 4.98 Å². The first-order chi connectivity index (χ1) is 8.66. The van der Waals surface area contributed by atoms with E-state index in [0.717, 1.165) is 44.7 Å². The van der Waals surface area contributed by atoms with Gasteiger partial charge in [-0.15, -0.1) is 0 Å². The molecule has 2 heterocycles. The van der Waals surface area contributed by atoms with Gasteiger partial charge in [0.1, 0.15) is 5.82 Å². The van der Waals surface area contributed by atoms with Gasteiger partial charge in [0.2, 0.25) is 5.91 Å². The van der Waals surface area contributed by atoms with Crippen LogP contribution in [0, 0.1) is 0 Å². The number of amides is 1. The molecule has 0 bridgehead atoms. The summed E-state index contributed by atoms with van der Waals surface area (Å²) >= 11 is 0. The van der Waals surface area contributed by atoms with E-state index in [1.165, 1.54) is 0 Å². The van der Waals surface area contributed by atoms with Crippen molar-refractivity contribution in [1.82, 2.24) is 19.8 Å². The number of imidazole rings is 1. The van der Waals surface area contributed by atoms with Crippen LogP contribution in [0.15, 0.2) is 12.4 Å². The molecule has 0 aliphatic carbocycles. The second-order valence-corrected chi connectivity index (χ2v) is 4.94. The minimum Gasteiger partial charge on any atom is -0.343 e. The minimum atomic E-state index is 0.196. The third-order valence-electron chi connectivity index (χ3n) is 3.64. The summed E-state index contributed by atoms with van der Waals surface area (Å²) in [6.45, 7) is 4.37. The summed E-state index contributed by atoms with van der Waals surface area (Å²) in [6.07, 6.45) is 6.87. The Morgan fingerprint density at radius 2 is 2.22 bits per heavy atom. The van der Waals surface area contributed by atoms with Crippen LogP contribution in [0.3, 0.4) is 0 Å². The van der Waals surface area contributed by atoms with Crippen LogP contribution in [-0.2, 0) is 18.3 Å². The Kier molecular flexibility index (Phi) is 4.36. The van der Waals surface area contributed by atoms with E-state index in [1.807, 2.05) is 24.3 Å². The molecule has 1 aliphatic rings. The van der Waals surface area contributed by atoms with Gasteiger partial charge in [-0.05, 0) is 12.8 Å². The Bertz CT molecular complexity index is 393. The maximum Gasteiger partial charge on any atom is 0.219 e. The number of hydrogen-bond donors (Lipinski definition) is 1. The van der Waals surface area contributed by atoms with Crippen LogP contribution in [0.25, 0.3) is 0 Å². The summed E-state index contributed by atoms with van der Waals surface area (Å²) in [5.41, 5.74) is 0. The number of likely N-dealkylation sites (tertiary alicyclic amines) is 1. The van der Waals surface area contributed by atoms with Crippen LogP contribution in [0.1, 0.15) is 25.6 Å². The summed E-state index contributed by atoms with van der Waals surface area (Å²) in [5, 5.41) is 3.56. The van der Waals surface area contributed by atoms with Gasteiger partial charge in [0.05, 0.1) is 0 Å². The van der Waals surface area contributed by atoms with Gasteiger partial charge in [-0.3, -0.25) is 4.79 Å². The van der Waals surface area contributed by atoms with Crippen molar-refractivity contribution in [1.29, 1.82) is 0 Å². The smallest absolute Gasteiger partial charge is 0.219 e. The standard InChI is InChI=1S/C13H22N4O/c1-11(18)17-8-4-12(5-9-17)14-6-3-13-15-7-10-16(13)2/h7,10,12,14H,3-6,8-9H2,1-2H3. The normalized spacial score (nSPS) is 17.1. The van der Waals surface area contributed by atoms with Crippen LogP contribution in [0.2, 0.25) is 0 Å². The molecule has 5 nitrogen and oxygen atoms in total. The Morgan fingerprint density at radius 1 is 1.50 bits per heavy atom. The average Bonchev–Trinajstić information content (AvgIpc) is 2.76. The van der Waals surface area contributed by atoms with Gasteiger partial charge in [0, 0.05) is 58.5 Å². The lowest BCUT2D eigenvalue weighted by atomic mass is 10.0. The van der Waals surface area contributed by atoms with Crippen molar-refractivity contribution in [3.05, 3.63) is 18.2 Å². The number of piperidine rings is 1. The highest BCUT2D eigenvalue weighted by Crippen LogP contribution is 2.10. The highest BCUT2D eigenvalue weighted by molar-refractivity contribution is 5.73. The monoisotopic (exact) mass is 250 g/mol. The second-order valence-electron chi connectivity index (χ2n) is 4.94. The maximum absolute atomic E-state index is 11.2. The van der Waals surface area contributed by atoms with Crippen molar-refractivity contribution in [3.63, 3.8) is 0 Å². The highest BCUT2D eigenvalue weighted by atomic mass is 16.2. The number of rotatable bonds is 4. The van der Waals surface area contributed by atoms with Crippen LogP contribution in [0.5, 0.6) is 0 Å². The predicted octanol–water partition coefficient (Wildman–Crippen LogP) is 0.563. The number of nitrogens with zero attached hydrogens (tertiary/aromatic N) is 3. The van der Waals surface area contributed by atoms with Gasteiger partial charge < -0.3 is 14.8 Å². The number of hydrogen-bond acceptors (Lipinski definition) is 3. The molecule has 2 rings (SSSR count). The highest BCUT2D eigenvalue weighted by Gasteiger charge is 2.19. The van der Waals surface area contributed by atoms with E-state index in [1.54, 1.807) is 6.92 Å². The average molecular weight is 250 g/mol. The zero-order chi connectivity index (χ0) is 13.0. The molecule has 18 heavy (non-hydrogen) atoms. The molecule has 5 heteroatoms. The van der Waals surface area contributed by atoms with Crippen molar-refractivity contribution >= 4 is 5.91 Å². The predicted molar refractivity (Wildman–Crippen MR) is 70.2 cm³/mol. The van der Waals surface area contributed by atoms with Gasteiger partial charge in [0.15, 0.2) is 0 Å². The van der Waals surface area contributed by atoms with Gasteiger partial charge >= 0.3 is 0 Å². The minimum absolute atomic E-state index is 0.196. The molecule has 0 atom stereocenters. The third kappa shape index (κ3) is 3.32. The molecule has 1 aromatic rings. The fourth-order valence-corrected chi connectivity index (χ4v) is 2.42. The molecule has 0 spiro atoms. The molecule has 1 saturated heterocycles. The van der Waals surface area contributed by atoms with E-state index in [2.05, 4.69) is 14.9 Å². The second kappa shape index (κ2) is 6.00. The van der Waals surface area contributed by atoms with Crippen LogP contribution in [0.4, 0.5) is 0 Å². The summed E-state index contributed by atoms with van der Waals surface area (Å²) in [4.78, 5) is 17.4. The number of aromatic nitrogens is 2. The quantitative estimate of drug-likeness (QED) is 0.849. The maximum atomic E-state index is 11.2. The Balaban J connectivity index is 1.67. The molecule has 1 aromatic heterocycles. The van der Waals surface area contributed by atoms with E-state index in [4.69, 9.17) is 0 Å². The molecular formula is C13H22N4O. The Labute approximate surface area is 108 Å². The SMILES string of the molecule is CC(=O)N1CCC(NCCc2nccn2C)CC1. The van der Waals surface area contributed by atoms with E-state index in [0.29, 0.717) is 6.04 Å². The lowest BCUT2D eigenvalue weighted by Gasteiger charge is -2.31. The first-order valence-corrected chi connectivity index (χ1v) is 6.62. The van der Waals surface area contributed by atoms with Crippen LogP contribution >= 0.6 is 0 Å². The molecular weight excluding hydrogens is 228 g/mol. The fraction of sp³-hybridized carbons (Fsp3) is 0.692. The molecule has 0 saturated carbocycles. The summed E-state index contributed by atoms with van der Waals surface area (Å²) in [7, 11) is 2.02. The number of carbonyl (C=O) groups is 1. The zero-order valence-corrected chi connectivity index (χ0v) is 11.2. The van der Waals surface area contributed by atoms with Crippen LogP contribution in [-0.4, -0.2) is 46.0 Å². The molecule has 1 amide bonds. The summed E-state index contributed by atoms with van der Waals surface area (Å²) in [6, 6.07) is 0.542. The first-order valence-electron chi connectivity index (χ1n) is 6.62. The van der Waals surface area contributed by atoms with Crippen molar-refractivity contribution in [3.8, 4) is 0 Å². The first kappa shape index (κ1) is 13.1. The fourth-order valence-electron chi connectivity index (χ4n) is 2.42. The topological polar surface area (TPSA) is 50.2 Å². The molecule has 0 unspecified atom stereocenters. The molecule has 0 aromatic carbocycles. The number of aryl methyl sites for hydroxylation is 1. The zero-order valence-electron chi connectivity index (χ0n) is 11.2. The van der Waals surface area contributed by atoms with E-state index in [9.17, 15) is 4.79 Å². The van der Waals surface area contributed by atoms with Gasteiger partial charge in [0.25, 0.3) is 0 Å². The molecule has 1 N–H and O–H groups in total. The van der Waals surface area contributed by atoms with Gasteiger partial charge in [-0.1, -0.05) is 0 Å². The third-order valence-corrected chi connectivity index (χ3v) is 3.64. The Morgan fingerprint density at radius 3 is 2.78 bits per heavy atom. The van der Waals surface area contributed by atoms with Crippen molar-refractivity contribution in [2.75, 3.05) is 19.6 Å². The van der Waals surface area contributed by atoms with Crippen molar-refractivity contribution in [2.45, 2.75) is 32.2 Å². The largest absolute Gasteiger partial charge is 0.343 e. The molecule has 1 fully saturated rings. The lowest BCUT2D eigenvalue weighted by molar-refractivity contribution is -0.129. The summed E-state index contributed by atoms with van der Waals surface area (Å²) in [5.74, 6) is 1.31. The van der Waals surface area contributed by atoms with E-state index in [-0.39, 0.29) is 5.91 Å². The van der Waals surface area contributed by atoms with Crippen LogP contribution < -0.4 is 5.32 Å². The number of carbonyl (C=O) groups excluding carboxylic acids is 1. The summed E-state index contributed by atoms with van der Waals surface area (Å²) < 4.78 is 2.06. The van der Waals surface area contributed by atoms with Crippen molar-refractivity contribution < 1.29 is 4.79 Å². The number of nitrogens with one attached hydrogen (secondary N) is 1. The van der Waals surface area contributed by atoms with E-state index >= 15 is 0 Å². The molecule has 100 valence electrons. The molecule has 1 aliphatic heterocycles. The van der Waals surface area contributed by atoms with Crippen molar-refractivity contribution in [2.24, 2.45) is 7.05 Å². The van der Waals surface area contributed by atoms with E-state index < -0.39 is 0 Å². The lowest BCUT2D eigenvalue weighted by Crippen LogP contribution is -2.44. The molecule has 0 radical (unpaired) electrons. The van der Waals surface area contributed by atoms with Gasteiger partial charge in [-0.2, -0.15) is 0 Å². The Hall–Kier alpha value is -1.36.